The first-order chi connectivity index (χ1) is 8.33. The third-order valence-electron chi connectivity index (χ3n) is 3.00. The highest BCUT2D eigenvalue weighted by atomic mass is 15.0. The first kappa shape index (κ1) is 10.2. The average Bonchev–Trinajstić information content (AvgIpc) is 2.78. The summed E-state index contributed by atoms with van der Waals surface area (Å²) in [6, 6.07) is 10.3. The Morgan fingerprint density at radius 1 is 1.12 bits per heavy atom. The Balaban J connectivity index is 1.98. The molecule has 0 saturated carbocycles. The summed E-state index contributed by atoms with van der Waals surface area (Å²) in [5.41, 5.74) is 10.3. The van der Waals surface area contributed by atoms with Gasteiger partial charge in [0.1, 0.15) is 0 Å². The minimum absolute atomic E-state index is 0.374. The van der Waals surface area contributed by atoms with Crippen LogP contribution in [0.4, 0.5) is 5.95 Å². The molecule has 0 atom stereocenters. The van der Waals surface area contributed by atoms with Crippen molar-refractivity contribution in [2.45, 2.75) is 19.5 Å². The molecule has 4 nitrogen and oxygen atoms in total. The van der Waals surface area contributed by atoms with Crippen LogP contribution in [-0.2, 0) is 19.5 Å². The first-order valence-electron chi connectivity index (χ1n) is 5.72. The van der Waals surface area contributed by atoms with Crippen molar-refractivity contribution in [3.8, 4) is 0 Å². The van der Waals surface area contributed by atoms with Gasteiger partial charge in [0.25, 0.3) is 0 Å². The van der Waals surface area contributed by atoms with Crippen LogP contribution >= 0.6 is 0 Å². The molecule has 1 aromatic carbocycles. The number of benzene rings is 1. The molecule has 2 aromatic rings. The van der Waals surface area contributed by atoms with Gasteiger partial charge in [0.2, 0.25) is 5.95 Å². The lowest BCUT2D eigenvalue weighted by molar-refractivity contribution is 0.756. The Bertz CT molecular complexity index is 537. The van der Waals surface area contributed by atoms with Gasteiger partial charge in [0.15, 0.2) is 0 Å². The van der Waals surface area contributed by atoms with Crippen LogP contribution in [0.15, 0.2) is 30.3 Å². The smallest absolute Gasteiger partial charge is 0.220 e. The van der Waals surface area contributed by atoms with Crippen molar-refractivity contribution in [2.24, 2.45) is 0 Å². The van der Waals surface area contributed by atoms with Crippen LogP contribution in [0.1, 0.15) is 22.5 Å². The minimum atomic E-state index is 0.374. The largest absolute Gasteiger partial charge is 0.368 e. The molecule has 86 valence electrons. The standard InChI is InChI=1S/C13H14N4/c14-13-16-11(6-9-4-2-1-3-5-9)10-7-15-8-12(10)17-13/h1-5,15H,6-8H2,(H2,14,16,17). The summed E-state index contributed by atoms with van der Waals surface area (Å²) < 4.78 is 0. The topological polar surface area (TPSA) is 63.8 Å². The summed E-state index contributed by atoms with van der Waals surface area (Å²) in [6.45, 7) is 1.64. The van der Waals surface area contributed by atoms with Gasteiger partial charge in [-0.3, -0.25) is 0 Å². The van der Waals surface area contributed by atoms with Crippen LogP contribution < -0.4 is 11.1 Å². The van der Waals surface area contributed by atoms with E-state index in [1.165, 1.54) is 11.1 Å². The molecule has 0 fully saturated rings. The monoisotopic (exact) mass is 226 g/mol. The molecule has 17 heavy (non-hydrogen) atoms. The van der Waals surface area contributed by atoms with Gasteiger partial charge in [-0.1, -0.05) is 30.3 Å². The van der Waals surface area contributed by atoms with Crippen LogP contribution in [-0.4, -0.2) is 9.97 Å². The summed E-state index contributed by atoms with van der Waals surface area (Å²) in [6.07, 6.45) is 0.817. The van der Waals surface area contributed by atoms with Gasteiger partial charge in [-0.25, -0.2) is 9.97 Å². The summed E-state index contributed by atoms with van der Waals surface area (Å²) in [5.74, 6) is 0.374. The predicted molar refractivity (Wildman–Crippen MR) is 66.2 cm³/mol. The van der Waals surface area contributed by atoms with Gasteiger partial charge in [0.05, 0.1) is 11.4 Å². The average molecular weight is 226 g/mol. The second-order valence-electron chi connectivity index (χ2n) is 4.22. The van der Waals surface area contributed by atoms with Crippen molar-refractivity contribution in [3.63, 3.8) is 0 Å². The Hall–Kier alpha value is -1.94. The number of nitrogens with two attached hydrogens (primary N) is 1. The summed E-state index contributed by atoms with van der Waals surface area (Å²) in [7, 11) is 0. The molecule has 1 aliphatic rings. The maximum Gasteiger partial charge on any atom is 0.220 e. The summed E-state index contributed by atoms with van der Waals surface area (Å²) in [4.78, 5) is 8.63. The molecule has 1 aliphatic heterocycles. The van der Waals surface area contributed by atoms with E-state index in [9.17, 15) is 0 Å². The lowest BCUT2D eigenvalue weighted by Gasteiger charge is -2.07. The quantitative estimate of drug-likeness (QED) is 0.809. The van der Waals surface area contributed by atoms with Crippen molar-refractivity contribution >= 4 is 5.95 Å². The van der Waals surface area contributed by atoms with E-state index >= 15 is 0 Å². The van der Waals surface area contributed by atoms with E-state index in [0.717, 1.165) is 30.9 Å². The number of aromatic nitrogens is 2. The van der Waals surface area contributed by atoms with E-state index in [0.29, 0.717) is 5.95 Å². The molecular weight excluding hydrogens is 212 g/mol. The van der Waals surface area contributed by atoms with E-state index in [2.05, 4.69) is 27.4 Å². The summed E-state index contributed by atoms with van der Waals surface area (Å²) in [5, 5.41) is 3.28. The van der Waals surface area contributed by atoms with Crippen molar-refractivity contribution in [1.82, 2.24) is 15.3 Å². The normalized spacial score (nSPS) is 13.6. The zero-order valence-electron chi connectivity index (χ0n) is 9.48. The molecule has 0 bridgehead atoms. The number of nitrogens with zero attached hydrogens (tertiary/aromatic N) is 2. The molecule has 0 spiro atoms. The third-order valence-corrected chi connectivity index (χ3v) is 3.00. The van der Waals surface area contributed by atoms with E-state index in [4.69, 9.17) is 5.73 Å². The number of nitrogens with one attached hydrogen (secondary N) is 1. The first-order valence-corrected chi connectivity index (χ1v) is 5.72. The van der Waals surface area contributed by atoms with Crippen molar-refractivity contribution in [2.75, 3.05) is 5.73 Å². The Morgan fingerprint density at radius 2 is 1.94 bits per heavy atom. The predicted octanol–water partition coefficient (Wildman–Crippen LogP) is 1.25. The molecule has 0 saturated heterocycles. The highest BCUT2D eigenvalue weighted by Gasteiger charge is 2.17. The number of fused-ring (bicyclic) bond motifs is 1. The SMILES string of the molecule is Nc1nc2c(c(Cc3ccccc3)n1)CNC2. The van der Waals surface area contributed by atoms with Gasteiger partial charge < -0.3 is 11.1 Å². The molecule has 4 heteroatoms. The number of rotatable bonds is 2. The molecule has 0 radical (unpaired) electrons. The Morgan fingerprint density at radius 3 is 2.76 bits per heavy atom. The Labute approximate surface area is 99.9 Å². The number of hydrogen-bond donors (Lipinski definition) is 2. The molecule has 3 N–H and O–H groups in total. The van der Waals surface area contributed by atoms with Gasteiger partial charge in [-0.05, 0) is 5.56 Å². The molecule has 3 rings (SSSR count). The molecular formula is C13H14N4. The molecule has 0 amide bonds. The third kappa shape index (κ3) is 1.99. The highest BCUT2D eigenvalue weighted by molar-refractivity contribution is 5.37. The second-order valence-corrected chi connectivity index (χ2v) is 4.22. The van der Waals surface area contributed by atoms with Crippen LogP contribution in [0, 0.1) is 0 Å². The van der Waals surface area contributed by atoms with Crippen LogP contribution in [0.2, 0.25) is 0 Å². The van der Waals surface area contributed by atoms with E-state index in [1.54, 1.807) is 0 Å². The van der Waals surface area contributed by atoms with E-state index in [1.807, 2.05) is 18.2 Å². The Kier molecular flexibility index (Phi) is 2.49. The zero-order valence-corrected chi connectivity index (χ0v) is 9.48. The fraction of sp³-hybridized carbons (Fsp3) is 0.231. The zero-order chi connectivity index (χ0) is 11.7. The van der Waals surface area contributed by atoms with Gasteiger partial charge in [-0.15, -0.1) is 0 Å². The second kappa shape index (κ2) is 4.14. The summed E-state index contributed by atoms with van der Waals surface area (Å²) >= 11 is 0. The van der Waals surface area contributed by atoms with Crippen LogP contribution in [0.5, 0.6) is 0 Å². The van der Waals surface area contributed by atoms with E-state index in [-0.39, 0.29) is 0 Å². The van der Waals surface area contributed by atoms with Crippen molar-refractivity contribution in [3.05, 3.63) is 52.8 Å². The van der Waals surface area contributed by atoms with E-state index < -0.39 is 0 Å². The van der Waals surface area contributed by atoms with Crippen LogP contribution in [0.3, 0.4) is 0 Å². The molecule has 1 aromatic heterocycles. The maximum atomic E-state index is 5.74. The number of nitrogen functional groups attached to an aromatic ring is 1. The van der Waals surface area contributed by atoms with Crippen LogP contribution in [0.25, 0.3) is 0 Å². The van der Waals surface area contributed by atoms with Gasteiger partial charge in [0, 0.05) is 25.1 Å². The number of hydrogen-bond acceptors (Lipinski definition) is 4. The molecule has 2 heterocycles. The maximum absolute atomic E-state index is 5.74. The highest BCUT2D eigenvalue weighted by Crippen LogP contribution is 2.20. The molecule has 0 unspecified atom stereocenters. The lowest BCUT2D eigenvalue weighted by Crippen LogP contribution is -2.06. The van der Waals surface area contributed by atoms with Gasteiger partial charge >= 0.3 is 0 Å². The lowest BCUT2D eigenvalue weighted by atomic mass is 10.1. The van der Waals surface area contributed by atoms with Crippen molar-refractivity contribution < 1.29 is 0 Å². The minimum Gasteiger partial charge on any atom is -0.368 e. The number of anilines is 1. The molecule has 0 aliphatic carbocycles. The fourth-order valence-corrected chi connectivity index (χ4v) is 2.19. The van der Waals surface area contributed by atoms with Gasteiger partial charge in [-0.2, -0.15) is 0 Å². The fourth-order valence-electron chi connectivity index (χ4n) is 2.19. The van der Waals surface area contributed by atoms with Crippen molar-refractivity contribution in [1.29, 1.82) is 0 Å².